The molecule has 0 radical (unpaired) electrons. The van der Waals surface area contributed by atoms with Gasteiger partial charge in [-0.25, -0.2) is 0 Å². The number of rotatable bonds is 6. The number of hydrogen-bond acceptors (Lipinski definition) is 12. The summed E-state index contributed by atoms with van der Waals surface area (Å²) in [7, 11) is 0. The Balaban J connectivity index is 1.41. The second kappa shape index (κ2) is 11.1. The Labute approximate surface area is 225 Å². The number of ether oxygens (including phenoxy) is 4. The third-order valence-corrected chi connectivity index (χ3v) is 9.40. The van der Waals surface area contributed by atoms with Crippen molar-refractivity contribution in [3.63, 3.8) is 0 Å². The Morgan fingerprint density at radius 3 is 2.59 bits per heavy atom. The van der Waals surface area contributed by atoms with E-state index in [9.17, 15) is 35.1 Å². The second-order valence-electron chi connectivity index (χ2n) is 11.7. The average Bonchev–Trinajstić information content (AvgIpc) is 3.43. The average molecular weight is 555 g/mol. The summed E-state index contributed by atoms with van der Waals surface area (Å²) in [6.45, 7) is 2.74. The van der Waals surface area contributed by atoms with Crippen molar-refractivity contribution >= 4 is 11.9 Å². The predicted molar refractivity (Wildman–Crippen MR) is 129 cm³/mol. The zero-order chi connectivity index (χ0) is 28.1. The number of esters is 2. The number of carbonyl (C=O) groups is 2. The molecule has 39 heavy (non-hydrogen) atoms. The third-order valence-electron chi connectivity index (χ3n) is 9.40. The first kappa shape index (κ1) is 28.5. The van der Waals surface area contributed by atoms with Gasteiger partial charge in [-0.3, -0.25) is 9.59 Å². The minimum atomic E-state index is -1.57. The molecular weight excluding hydrogens is 516 g/mol. The molecule has 12 heteroatoms. The van der Waals surface area contributed by atoms with Crippen LogP contribution in [0.3, 0.4) is 0 Å². The van der Waals surface area contributed by atoms with Crippen LogP contribution >= 0.6 is 0 Å². The Morgan fingerprint density at radius 1 is 1.15 bits per heavy atom. The summed E-state index contributed by atoms with van der Waals surface area (Å²) in [5.41, 5.74) is 0.0522. The molecule has 13 atom stereocenters. The first-order valence-electron chi connectivity index (χ1n) is 13.5. The highest BCUT2D eigenvalue weighted by molar-refractivity contribution is 5.75. The van der Waals surface area contributed by atoms with Gasteiger partial charge < -0.3 is 48.9 Å². The molecule has 5 rings (SSSR count). The first-order valence-corrected chi connectivity index (χ1v) is 13.5. The molecule has 0 unspecified atom stereocenters. The van der Waals surface area contributed by atoms with Crippen LogP contribution in [-0.4, -0.2) is 93.6 Å². The van der Waals surface area contributed by atoms with Gasteiger partial charge in [0.1, 0.15) is 36.6 Å². The van der Waals surface area contributed by atoms with Crippen LogP contribution in [0.1, 0.15) is 51.2 Å². The highest BCUT2D eigenvalue weighted by Crippen LogP contribution is 2.61. The number of aliphatic hydroxyl groups is 5. The second-order valence-corrected chi connectivity index (χ2v) is 11.7. The van der Waals surface area contributed by atoms with Crippen molar-refractivity contribution in [1.29, 1.82) is 0 Å². The fourth-order valence-corrected chi connectivity index (χ4v) is 7.53. The molecule has 5 N–H and O–H groups in total. The maximum Gasteiger partial charge on any atom is 0.310 e. The van der Waals surface area contributed by atoms with Crippen molar-refractivity contribution in [2.75, 3.05) is 13.2 Å². The smallest absolute Gasteiger partial charge is 0.310 e. The van der Waals surface area contributed by atoms with E-state index in [2.05, 4.69) is 0 Å². The van der Waals surface area contributed by atoms with Crippen molar-refractivity contribution in [3.8, 4) is 0 Å². The van der Waals surface area contributed by atoms with E-state index in [-0.39, 0.29) is 30.8 Å². The number of hydrogen-bond donors (Lipinski definition) is 5. The molecule has 2 saturated heterocycles. The van der Waals surface area contributed by atoms with E-state index in [1.165, 1.54) is 13.2 Å². The lowest BCUT2D eigenvalue weighted by Gasteiger charge is -2.59. The fourth-order valence-electron chi connectivity index (χ4n) is 7.53. The molecule has 4 aliphatic rings. The normalized spacial score (nSPS) is 46.1. The highest BCUT2D eigenvalue weighted by Gasteiger charge is 2.62. The van der Waals surface area contributed by atoms with Gasteiger partial charge in [-0.1, -0.05) is 6.92 Å². The fraction of sp³-hybridized carbons (Fsp3) is 0.778. The van der Waals surface area contributed by atoms with Gasteiger partial charge in [-0.2, -0.15) is 0 Å². The van der Waals surface area contributed by atoms with Gasteiger partial charge in [0.2, 0.25) is 0 Å². The molecular formula is C27H38O12. The Bertz CT molecular complexity index is 1010. The van der Waals surface area contributed by atoms with Crippen LogP contribution in [-0.2, 0) is 28.5 Å². The zero-order valence-electron chi connectivity index (χ0n) is 22.0. The minimum Gasteiger partial charge on any atom is -0.472 e. The number of cyclic esters (lactones) is 1. The standard InChI is InChI=1S/C27H38O12/c1-12(29)37-24-17(30)7-14(11-36-26-23(33)22(32)21(31)19(9-28)39-26)15-3-4-16-25(34)38-18(13-5-6-35-10-13)8-27(16,2)20(15)24/h5-6,10,14-24,26,28,30-33H,3-4,7-9,11H2,1-2H3/t14-,15+,16-,17-,18-,19+,20-,21+,22-,23+,24-,26+,27+/m0/s1. The molecule has 2 saturated carbocycles. The van der Waals surface area contributed by atoms with Gasteiger partial charge in [-0.05, 0) is 49.0 Å². The molecule has 0 aromatic carbocycles. The van der Waals surface area contributed by atoms with E-state index in [0.717, 1.165) is 5.56 Å². The number of carbonyl (C=O) groups excluding carboxylic acids is 2. The lowest BCUT2D eigenvalue weighted by molar-refractivity contribution is -0.307. The van der Waals surface area contributed by atoms with Gasteiger partial charge in [0.25, 0.3) is 0 Å². The lowest BCUT2D eigenvalue weighted by atomic mass is 9.48. The highest BCUT2D eigenvalue weighted by atomic mass is 16.7. The van der Waals surface area contributed by atoms with E-state index in [1.54, 1.807) is 12.3 Å². The Morgan fingerprint density at radius 2 is 1.92 bits per heavy atom. The van der Waals surface area contributed by atoms with E-state index >= 15 is 0 Å². The predicted octanol–water partition coefficient (Wildman–Crippen LogP) is 0.0453. The molecule has 0 spiro atoms. The van der Waals surface area contributed by atoms with Gasteiger partial charge >= 0.3 is 11.9 Å². The van der Waals surface area contributed by atoms with Crippen LogP contribution in [0, 0.1) is 29.1 Å². The minimum absolute atomic E-state index is 0.0318. The van der Waals surface area contributed by atoms with Crippen molar-refractivity contribution in [1.82, 2.24) is 0 Å². The van der Waals surface area contributed by atoms with Crippen LogP contribution in [0.4, 0.5) is 0 Å². The summed E-state index contributed by atoms with van der Waals surface area (Å²) in [5.74, 6) is -2.06. The summed E-state index contributed by atoms with van der Waals surface area (Å²) in [6, 6.07) is 1.75. The van der Waals surface area contributed by atoms with Crippen molar-refractivity contribution in [2.45, 2.75) is 88.5 Å². The molecule has 12 nitrogen and oxygen atoms in total. The molecule has 1 aromatic heterocycles. The summed E-state index contributed by atoms with van der Waals surface area (Å²) < 4.78 is 28.1. The van der Waals surface area contributed by atoms with Crippen LogP contribution < -0.4 is 0 Å². The van der Waals surface area contributed by atoms with E-state index < -0.39 is 78.8 Å². The topological polar surface area (TPSA) is 185 Å². The van der Waals surface area contributed by atoms with Crippen molar-refractivity contribution < 1.29 is 58.5 Å². The van der Waals surface area contributed by atoms with Crippen LogP contribution in [0.25, 0.3) is 0 Å². The third kappa shape index (κ3) is 5.12. The molecule has 218 valence electrons. The van der Waals surface area contributed by atoms with E-state index in [0.29, 0.717) is 19.3 Å². The zero-order valence-corrected chi connectivity index (χ0v) is 22.0. The molecule has 4 fully saturated rings. The quantitative estimate of drug-likeness (QED) is 0.298. The molecule has 2 aliphatic carbocycles. The van der Waals surface area contributed by atoms with Crippen molar-refractivity contribution in [2.24, 2.45) is 29.1 Å². The molecule has 2 aliphatic heterocycles. The molecule has 0 bridgehead atoms. The molecule has 0 amide bonds. The van der Waals surface area contributed by atoms with Crippen LogP contribution in [0.15, 0.2) is 23.0 Å². The Kier molecular flexibility index (Phi) is 8.08. The number of fused-ring (bicyclic) bond motifs is 3. The van der Waals surface area contributed by atoms with Gasteiger partial charge in [0, 0.05) is 18.4 Å². The number of furan rings is 1. The summed E-state index contributed by atoms with van der Waals surface area (Å²) in [6.07, 6.45) is -4.52. The largest absolute Gasteiger partial charge is 0.472 e. The molecule has 1 aromatic rings. The number of aliphatic hydroxyl groups excluding tert-OH is 5. The maximum atomic E-state index is 13.2. The summed E-state index contributed by atoms with van der Waals surface area (Å²) >= 11 is 0. The van der Waals surface area contributed by atoms with E-state index in [4.69, 9.17) is 23.4 Å². The first-order chi connectivity index (χ1) is 18.5. The van der Waals surface area contributed by atoms with E-state index in [1.807, 2.05) is 6.92 Å². The maximum absolute atomic E-state index is 13.2. The monoisotopic (exact) mass is 554 g/mol. The summed E-state index contributed by atoms with van der Waals surface area (Å²) in [5, 5.41) is 51.3. The van der Waals surface area contributed by atoms with Crippen LogP contribution in [0.5, 0.6) is 0 Å². The van der Waals surface area contributed by atoms with Gasteiger partial charge in [0.15, 0.2) is 6.29 Å². The lowest BCUT2D eigenvalue weighted by Crippen LogP contribution is -2.62. The molecule has 3 heterocycles. The summed E-state index contributed by atoms with van der Waals surface area (Å²) in [4.78, 5) is 25.3. The van der Waals surface area contributed by atoms with Crippen LogP contribution in [0.2, 0.25) is 0 Å². The SMILES string of the molecule is CC(=O)O[C@@H]1[C@@H]2[C@H](CC[C@H]3C(=O)O[C@H](c4ccoc4)C[C@@]23C)[C@H](CO[C@@H]2O[C@H](CO)[C@@H](O)[C@H](O)[C@H]2O)C[C@@H]1O. The Hall–Kier alpha value is -2.06. The van der Waals surface area contributed by atoms with Gasteiger partial charge in [0.05, 0.1) is 37.8 Å². The van der Waals surface area contributed by atoms with Gasteiger partial charge in [-0.15, -0.1) is 0 Å². The van der Waals surface area contributed by atoms with Crippen molar-refractivity contribution in [3.05, 3.63) is 24.2 Å².